The first kappa shape index (κ1) is 18.4. The van der Waals surface area contributed by atoms with Crippen LogP contribution in [0.25, 0.3) is 0 Å². The van der Waals surface area contributed by atoms with Crippen LogP contribution >= 0.6 is 0 Å². The van der Waals surface area contributed by atoms with Gasteiger partial charge in [0.15, 0.2) is 0 Å². The fraction of sp³-hybridized carbons (Fsp3) is 0.462. The maximum atomic E-state index is 13.2. The van der Waals surface area contributed by atoms with E-state index in [1.807, 2.05) is 0 Å². The Morgan fingerprint density at radius 2 is 2.05 bits per heavy atom. The monoisotopic (exact) mass is 341 g/mol. The molecular weight excluding hydrogens is 326 g/mol. The van der Waals surface area contributed by atoms with E-state index in [1.54, 1.807) is 5.32 Å². The highest BCUT2D eigenvalue weighted by molar-refractivity contribution is 7.85. The molecule has 4 nitrogen and oxygen atoms in total. The van der Waals surface area contributed by atoms with E-state index >= 15 is 0 Å². The van der Waals surface area contributed by atoms with Gasteiger partial charge in [0.05, 0.1) is 12.9 Å². The topological polar surface area (TPSA) is 55.4 Å². The van der Waals surface area contributed by atoms with Gasteiger partial charge < -0.3 is 10.1 Å². The molecule has 0 saturated heterocycles. The summed E-state index contributed by atoms with van der Waals surface area (Å²) in [5.41, 5.74) is 0.274. The number of amides is 1. The third-order valence-corrected chi connectivity index (χ3v) is 4.37. The molecule has 0 heterocycles. The van der Waals surface area contributed by atoms with Crippen molar-refractivity contribution in [1.29, 1.82) is 0 Å². The lowest BCUT2D eigenvalue weighted by atomic mass is 10.2. The Labute approximate surface area is 127 Å². The van der Waals surface area contributed by atoms with Crippen LogP contribution in [0.4, 0.5) is 17.6 Å². The van der Waals surface area contributed by atoms with Crippen molar-refractivity contribution in [2.45, 2.75) is 24.1 Å². The summed E-state index contributed by atoms with van der Waals surface area (Å²) in [4.78, 5) is 11.5. The van der Waals surface area contributed by atoms with Crippen molar-refractivity contribution < 1.29 is 31.3 Å². The van der Waals surface area contributed by atoms with Crippen molar-refractivity contribution in [3.63, 3.8) is 0 Å². The predicted molar refractivity (Wildman–Crippen MR) is 73.3 cm³/mol. The minimum Gasteiger partial charge on any atom is -0.496 e. The van der Waals surface area contributed by atoms with E-state index in [0.717, 1.165) is 12.1 Å². The number of hydrogen-bond acceptors (Lipinski definition) is 3. The van der Waals surface area contributed by atoms with Gasteiger partial charge in [-0.05, 0) is 25.1 Å². The van der Waals surface area contributed by atoms with Crippen LogP contribution in [0.1, 0.15) is 12.5 Å². The fourth-order valence-electron chi connectivity index (χ4n) is 1.59. The van der Waals surface area contributed by atoms with Gasteiger partial charge in [-0.1, -0.05) is 0 Å². The number of rotatable bonds is 6. The SMILES string of the molecule is COc1ccc(F)cc1C[S@@](=O)[C@H](C)C(=O)NCC(F)(F)F. The lowest BCUT2D eigenvalue weighted by Crippen LogP contribution is -2.40. The highest BCUT2D eigenvalue weighted by Gasteiger charge is 2.30. The first-order valence-corrected chi connectivity index (χ1v) is 7.56. The number of carbonyl (C=O) groups is 1. The highest BCUT2D eigenvalue weighted by atomic mass is 32.2. The van der Waals surface area contributed by atoms with Crippen molar-refractivity contribution in [3.05, 3.63) is 29.6 Å². The van der Waals surface area contributed by atoms with Crippen LogP contribution in [-0.4, -0.2) is 35.2 Å². The summed E-state index contributed by atoms with van der Waals surface area (Å²) in [6, 6.07) is 3.61. The van der Waals surface area contributed by atoms with Crippen molar-refractivity contribution in [3.8, 4) is 5.75 Å². The number of benzene rings is 1. The highest BCUT2D eigenvalue weighted by Crippen LogP contribution is 2.22. The molecule has 1 aromatic rings. The summed E-state index contributed by atoms with van der Waals surface area (Å²) in [6.07, 6.45) is -4.54. The average Bonchev–Trinajstić information content (AvgIpc) is 2.43. The quantitative estimate of drug-likeness (QED) is 0.807. The third kappa shape index (κ3) is 5.63. The van der Waals surface area contributed by atoms with Gasteiger partial charge in [0, 0.05) is 16.4 Å². The summed E-state index contributed by atoms with van der Waals surface area (Å²) in [5, 5.41) is 0.496. The Morgan fingerprint density at radius 1 is 1.41 bits per heavy atom. The molecule has 0 bridgehead atoms. The van der Waals surface area contributed by atoms with Crippen LogP contribution in [0, 0.1) is 5.82 Å². The Kier molecular flexibility index (Phi) is 6.34. The van der Waals surface area contributed by atoms with Crippen LogP contribution in [-0.2, 0) is 21.3 Å². The van der Waals surface area contributed by atoms with Gasteiger partial charge >= 0.3 is 6.18 Å². The van der Waals surface area contributed by atoms with E-state index < -0.39 is 40.5 Å². The normalized spacial score (nSPS) is 14.3. The molecule has 0 aliphatic heterocycles. The second kappa shape index (κ2) is 7.57. The fourth-order valence-corrected chi connectivity index (χ4v) is 2.69. The van der Waals surface area contributed by atoms with Gasteiger partial charge in [0.1, 0.15) is 23.4 Å². The maximum absolute atomic E-state index is 13.2. The number of nitrogens with one attached hydrogen (secondary N) is 1. The predicted octanol–water partition coefficient (Wildman–Crippen LogP) is 2.15. The van der Waals surface area contributed by atoms with E-state index in [4.69, 9.17) is 4.74 Å². The second-order valence-corrected chi connectivity index (χ2v) is 6.21. The van der Waals surface area contributed by atoms with Crippen LogP contribution in [0.3, 0.4) is 0 Å². The minimum atomic E-state index is -4.54. The number of methoxy groups -OCH3 is 1. The molecule has 2 atom stereocenters. The Hall–Kier alpha value is -1.64. The van der Waals surface area contributed by atoms with E-state index in [0.29, 0.717) is 0 Å². The second-order valence-electron chi connectivity index (χ2n) is 4.46. The van der Waals surface area contributed by atoms with Crippen molar-refractivity contribution in [2.75, 3.05) is 13.7 Å². The van der Waals surface area contributed by atoms with Gasteiger partial charge in [0.2, 0.25) is 5.91 Å². The molecule has 0 aliphatic carbocycles. The van der Waals surface area contributed by atoms with E-state index in [9.17, 15) is 26.6 Å². The molecule has 0 aromatic heterocycles. The lowest BCUT2D eigenvalue weighted by molar-refractivity contribution is -0.137. The molecule has 1 rings (SSSR count). The summed E-state index contributed by atoms with van der Waals surface area (Å²) in [5.74, 6) is -1.47. The molecule has 0 unspecified atom stereocenters. The van der Waals surface area contributed by atoms with Gasteiger partial charge in [-0.3, -0.25) is 9.00 Å². The first-order chi connectivity index (χ1) is 10.1. The first-order valence-electron chi connectivity index (χ1n) is 6.18. The number of halogens is 4. The summed E-state index contributed by atoms with van der Waals surface area (Å²) < 4.78 is 66.3. The van der Waals surface area contributed by atoms with Crippen LogP contribution < -0.4 is 10.1 Å². The molecule has 0 spiro atoms. The molecular formula is C13H15F4NO3S. The van der Waals surface area contributed by atoms with Crippen LogP contribution in [0.2, 0.25) is 0 Å². The van der Waals surface area contributed by atoms with Gasteiger partial charge in [-0.15, -0.1) is 0 Å². The maximum Gasteiger partial charge on any atom is 0.405 e. The molecule has 0 fully saturated rings. The number of hydrogen-bond donors (Lipinski definition) is 1. The zero-order chi connectivity index (χ0) is 16.9. The minimum absolute atomic E-state index is 0.207. The molecule has 9 heteroatoms. The third-order valence-electron chi connectivity index (χ3n) is 2.77. The van der Waals surface area contributed by atoms with Crippen LogP contribution in [0.5, 0.6) is 5.75 Å². The molecule has 0 saturated carbocycles. The van der Waals surface area contributed by atoms with Gasteiger partial charge in [-0.25, -0.2) is 4.39 Å². The molecule has 0 radical (unpaired) electrons. The molecule has 1 amide bonds. The van der Waals surface area contributed by atoms with Gasteiger partial charge in [0.25, 0.3) is 0 Å². The Balaban J connectivity index is 2.72. The summed E-state index contributed by atoms with van der Waals surface area (Å²) >= 11 is 0. The van der Waals surface area contributed by atoms with Crippen molar-refractivity contribution in [2.24, 2.45) is 0 Å². The van der Waals surface area contributed by atoms with Gasteiger partial charge in [-0.2, -0.15) is 13.2 Å². The molecule has 0 aliphatic rings. The Morgan fingerprint density at radius 3 is 2.59 bits per heavy atom. The van der Waals surface area contributed by atoms with E-state index in [-0.39, 0.29) is 17.1 Å². The summed E-state index contributed by atoms with van der Waals surface area (Å²) in [6.45, 7) is -0.246. The average molecular weight is 341 g/mol. The standard InChI is InChI=1S/C13H15F4NO3S/c1-8(12(19)18-7-13(15,16)17)22(20)6-9-5-10(14)3-4-11(9)21-2/h3-5,8H,6-7H2,1-2H3,(H,18,19)/t8-,22-/m1/s1. The smallest absolute Gasteiger partial charge is 0.405 e. The number of alkyl halides is 3. The largest absolute Gasteiger partial charge is 0.496 e. The van der Waals surface area contributed by atoms with Crippen molar-refractivity contribution >= 4 is 16.7 Å². The Bertz CT molecular complexity index is 563. The number of ether oxygens (including phenoxy) is 1. The molecule has 124 valence electrons. The summed E-state index contributed by atoms with van der Waals surface area (Å²) in [7, 11) is -0.474. The molecule has 1 N–H and O–H groups in total. The zero-order valence-corrected chi connectivity index (χ0v) is 12.7. The van der Waals surface area contributed by atoms with E-state index in [1.165, 1.54) is 20.1 Å². The van der Waals surface area contributed by atoms with Crippen LogP contribution in [0.15, 0.2) is 18.2 Å². The zero-order valence-electron chi connectivity index (χ0n) is 11.9. The molecule has 1 aromatic carbocycles. The van der Waals surface area contributed by atoms with E-state index in [2.05, 4.69) is 0 Å². The lowest BCUT2D eigenvalue weighted by Gasteiger charge is -2.14. The van der Waals surface area contributed by atoms with Crippen molar-refractivity contribution in [1.82, 2.24) is 5.32 Å². The molecule has 22 heavy (non-hydrogen) atoms. The number of carbonyl (C=O) groups excluding carboxylic acids is 1.